The first-order valence-corrected chi connectivity index (χ1v) is 11.7. The van der Waals surface area contributed by atoms with Crippen molar-refractivity contribution in [1.82, 2.24) is 10.3 Å². The highest BCUT2D eigenvalue weighted by Gasteiger charge is 2.19. The van der Waals surface area contributed by atoms with E-state index in [1.165, 1.54) is 30.3 Å². The van der Waals surface area contributed by atoms with Crippen LogP contribution in [0.25, 0.3) is 10.9 Å². The molecule has 0 saturated carbocycles. The van der Waals surface area contributed by atoms with Gasteiger partial charge in [0.15, 0.2) is 11.6 Å². The number of rotatable bonds is 6. The summed E-state index contributed by atoms with van der Waals surface area (Å²) in [5, 5.41) is 23.7. The number of amides is 2. The van der Waals surface area contributed by atoms with Crippen LogP contribution >= 0.6 is 39.1 Å². The van der Waals surface area contributed by atoms with Gasteiger partial charge in [0.25, 0.3) is 5.91 Å². The zero-order valence-corrected chi connectivity index (χ0v) is 21.1. The van der Waals surface area contributed by atoms with E-state index >= 15 is 4.39 Å². The molecular weight excluding hydrogens is 578 g/mol. The lowest BCUT2D eigenvalue weighted by atomic mass is 10.2. The van der Waals surface area contributed by atoms with Crippen molar-refractivity contribution in [1.29, 1.82) is 5.26 Å². The zero-order valence-electron chi connectivity index (χ0n) is 18.0. The Kier molecular flexibility index (Phi) is 7.35. The van der Waals surface area contributed by atoms with Crippen LogP contribution in [-0.2, 0) is 6.54 Å². The second-order valence-electron chi connectivity index (χ2n) is 7.43. The molecule has 1 heterocycles. The predicted octanol–water partition coefficient (Wildman–Crippen LogP) is 7.06. The van der Waals surface area contributed by atoms with Crippen LogP contribution in [-0.4, -0.2) is 22.1 Å². The molecule has 36 heavy (non-hydrogen) atoms. The van der Waals surface area contributed by atoms with Gasteiger partial charge in [-0.1, -0.05) is 29.3 Å². The Bertz CT molecular complexity index is 1570. The second-order valence-corrected chi connectivity index (χ2v) is 9.06. The average molecular weight is 592 g/mol. The minimum absolute atomic E-state index is 0.00908. The molecule has 0 aliphatic carbocycles. The molecule has 3 aromatic carbocycles. The molecule has 8 nitrogen and oxygen atoms in total. The molecule has 0 aliphatic heterocycles. The third-order valence-corrected chi connectivity index (χ3v) is 6.34. The molecule has 0 aliphatic rings. The van der Waals surface area contributed by atoms with E-state index in [2.05, 4.69) is 31.5 Å². The fourth-order valence-electron chi connectivity index (χ4n) is 3.39. The topological polar surface area (TPSA) is 127 Å². The number of aromatic amines is 1. The number of hydrogen-bond acceptors (Lipinski definition) is 4. The molecule has 182 valence electrons. The molecule has 0 saturated heterocycles. The molecule has 0 unspecified atom stereocenters. The fourth-order valence-corrected chi connectivity index (χ4v) is 4.40. The van der Waals surface area contributed by atoms with Gasteiger partial charge in [-0.3, -0.25) is 10.1 Å². The number of anilines is 1. The highest BCUT2D eigenvalue weighted by molar-refractivity contribution is 9.10. The zero-order chi connectivity index (χ0) is 26.0. The molecule has 1 aromatic heterocycles. The molecule has 0 bridgehead atoms. The van der Waals surface area contributed by atoms with Crippen LogP contribution in [0.5, 0.6) is 11.5 Å². The van der Waals surface area contributed by atoms with E-state index in [1.807, 2.05) is 6.07 Å². The predicted molar refractivity (Wildman–Crippen MR) is 136 cm³/mol. The minimum Gasteiger partial charge on any atom is -0.465 e. The van der Waals surface area contributed by atoms with Crippen molar-refractivity contribution in [2.75, 3.05) is 5.32 Å². The monoisotopic (exact) mass is 590 g/mol. The Morgan fingerprint density at radius 1 is 1.17 bits per heavy atom. The number of carboxylic acid groups (broad SMARTS) is 1. The normalized spacial score (nSPS) is 10.6. The van der Waals surface area contributed by atoms with Crippen LogP contribution in [0.4, 0.5) is 14.9 Å². The summed E-state index contributed by atoms with van der Waals surface area (Å²) in [4.78, 5) is 26.7. The number of benzene rings is 3. The van der Waals surface area contributed by atoms with Gasteiger partial charge in [-0.05, 0) is 58.4 Å². The van der Waals surface area contributed by atoms with E-state index in [0.29, 0.717) is 21.1 Å². The van der Waals surface area contributed by atoms with Crippen LogP contribution in [0, 0.1) is 17.1 Å². The number of aromatic nitrogens is 1. The summed E-state index contributed by atoms with van der Waals surface area (Å²) in [6, 6.07) is 13.7. The summed E-state index contributed by atoms with van der Waals surface area (Å²) in [7, 11) is 0. The van der Waals surface area contributed by atoms with Crippen molar-refractivity contribution in [3.63, 3.8) is 0 Å². The van der Waals surface area contributed by atoms with Crippen LogP contribution in [0.3, 0.4) is 0 Å². The number of carbonyl (C=O) groups excluding carboxylic acids is 1. The van der Waals surface area contributed by atoms with Gasteiger partial charge in [0.1, 0.15) is 11.4 Å². The van der Waals surface area contributed by atoms with Gasteiger partial charge in [0, 0.05) is 33.7 Å². The number of carbonyl (C=O) groups is 2. The maximum absolute atomic E-state index is 15.2. The number of ether oxygens (including phenoxy) is 1. The largest absolute Gasteiger partial charge is 0.465 e. The number of H-pyrrole nitrogens is 1. The Hall–Kier alpha value is -3.78. The molecule has 12 heteroatoms. The molecule has 0 radical (unpaired) electrons. The van der Waals surface area contributed by atoms with Gasteiger partial charge in [0.05, 0.1) is 21.1 Å². The van der Waals surface area contributed by atoms with E-state index in [0.717, 1.165) is 0 Å². The van der Waals surface area contributed by atoms with E-state index in [-0.39, 0.29) is 44.9 Å². The SMILES string of the molecule is N#Cc1cc(Cl)cc(Oc2c(Cl)ccc(CNC(=O)c3[nH]c4ccc(NC(=O)O)cc4c3Br)c2F)c1. The fraction of sp³-hybridized carbons (Fsp3) is 0.0417. The summed E-state index contributed by atoms with van der Waals surface area (Å²) in [6.07, 6.45) is -1.21. The summed E-state index contributed by atoms with van der Waals surface area (Å²) >= 11 is 15.5. The van der Waals surface area contributed by atoms with Crippen LogP contribution in [0.1, 0.15) is 21.6 Å². The first kappa shape index (κ1) is 25.3. The van der Waals surface area contributed by atoms with Crippen molar-refractivity contribution < 1.29 is 23.8 Å². The van der Waals surface area contributed by atoms with Crippen molar-refractivity contribution in [2.45, 2.75) is 6.54 Å². The van der Waals surface area contributed by atoms with Crippen LogP contribution < -0.4 is 15.4 Å². The Morgan fingerprint density at radius 2 is 1.94 bits per heavy atom. The van der Waals surface area contributed by atoms with Crippen LogP contribution in [0.2, 0.25) is 10.0 Å². The Balaban J connectivity index is 1.54. The molecular formula is C24H14BrCl2FN4O4. The van der Waals surface area contributed by atoms with Crippen LogP contribution in [0.15, 0.2) is 53.0 Å². The highest BCUT2D eigenvalue weighted by atomic mass is 79.9. The number of fused-ring (bicyclic) bond motifs is 1. The maximum atomic E-state index is 15.2. The van der Waals surface area contributed by atoms with Gasteiger partial charge in [-0.2, -0.15) is 5.26 Å². The van der Waals surface area contributed by atoms with Gasteiger partial charge >= 0.3 is 6.09 Å². The molecule has 0 atom stereocenters. The van der Waals surface area contributed by atoms with E-state index in [4.69, 9.17) is 38.3 Å². The lowest BCUT2D eigenvalue weighted by Gasteiger charge is -2.13. The van der Waals surface area contributed by atoms with E-state index < -0.39 is 17.8 Å². The van der Waals surface area contributed by atoms with Crippen molar-refractivity contribution in [3.8, 4) is 17.6 Å². The number of nitrogens with zero attached hydrogens (tertiary/aromatic N) is 1. The van der Waals surface area contributed by atoms with Gasteiger partial charge in [-0.25, -0.2) is 9.18 Å². The molecule has 0 spiro atoms. The number of nitrogens with one attached hydrogen (secondary N) is 3. The van der Waals surface area contributed by atoms with Gasteiger partial charge < -0.3 is 20.1 Å². The molecule has 2 amide bonds. The summed E-state index contributed by atoms with van der Waals surface area (Å²) in [6.45, 7) is -0.190. The Labute approximate surface area is 221 Å². The lowest BCUT2D eigenvalue weighted by Crippen LogP contribution is -2.24. The third-order valence-electron chi connectivity index (χ3n) is 5.00. The van der Waals surface area contributed by atoms with Gasteiger partial charge in [-0.15, -0.1) is 0 Å². The van der Waals surface area contributed by atoms with Crippen molar-refractivity contribution >= 4 is 67.7 Å². The van der Waals surface area contributed by atoms with Crippen molar-refractivity contribution in [2.24, 2.45) is 0 Å². The lowest BCUT2D eigenvalue weighted by molar-refractivity contribution is 0.0945. The number of halogens is 4. The summed E-state index contributed by atoms with van der Waals surface area (Å²) in [5.74, 6) is -1.47. The highest BCUT2D eigenvalue weighted by Crippen LogP contribution is 2.35. The first-order chi connectivity index (χ1) is 17.2. The third kappa shape index (κ3) is 5.39. The summed E-state index contributed by atoms with van der Waals surface area (Å²) < 4.78 is 21.2. The smallest absolute Gasteiger partial charge is 0.409 e. The molecule has 4 aromatic rings. The molecule has 0 fully saturated rings. The van der Waals surface area contributed by atoms with Gasteiger partial charge in [0.2, 0.25) is 0 Å². The standard InChI is InChI=1S/C24H14BrCl2FN4O4/c25-19-16-8-14(31-24(34)35)2-4-18(16)32-21(19)23(33)30-10-12-1-3-17(27)22(20(12)28)36-15-6-11(9-29)5-13(26)7-15/h1-8,31-32H,10H2,(H,30,33)(H,34,35). The van der Waals surface area contributed by atoms with E-state index in [9.17, 15) is 9.59 Å². The average Bonchev–Trinajstić information content (AvgIpc) is 3.16. The number of hydrogen-bond donors (Lipinski definition) is 4. The molecule has 4 rings (SSSR count). The second kappa shape index (κ2) is 10.5. The minimum atomic E-state index is -1.21. The number of nitriles is 1. The van der Waals surface area contributed by atoms with Crippen molar-refractivity contribution in [3.05, 3.63) is 85.7 Å². The quantitative estimate of drug-likeness (QED) is 0.191. The maximum Gasteiger partial charge on any atom is 0.409 e. The van der Waals surface area contributed by atoms with E-state index in [1.54, 1.807) is 18.2 Å². The summed E-state index contributed by atoms with van der Waals surface area (Å²) in [5.41, 5.74) is 1.43. The molecule has 4 N–H and O–H groups in total. The Morgan fingerprint density at radius 3 is 2.67 bits per heavy atom. The first-order valence-electron chi connectivity index (χ1n) is 10.1.